The van der Waals surface area contributed by atoms with Crippen molar-refractivity contribution in [3.63, 3.8) is 0 Å². The van der Waals surface area contributed by atoms with Crippen molar-refractivity contribution in [1.29, 1.82) is 0 Å². The van der Waals surface area contributed by atoms with Gasteiger partial charge in [0.15, 0.2) is 0 Å². The molecule has 1 aliphatic rings. The molecule has 1 fully saturated rings. The van der Waals surface area contributed by atoms with Gasteiger partial charge in [0.25, 0.3) is 0 Å². The van der Waals surface area contributed by atoms with Crippen LogP contribution in [-0.2, 0) is 0 Å². The van der Waals surface area contributed by atoms with Crippen LogP contribution in [0.2, 0.25) is 0 Å². The Bertz CT molecular complexity index is 153. The van der Waals surface area contributed by atoms with E-state index in [4.69, 9.17) is 0 Å². The first kappa shape index (κ1) is 13.0. The lowest BCUT2D eigenvalue weighted by Crippen LogP contribution is -2.34. The summed E-state index contributed by atoms with van der Waals surface area (Å²) in [5, 5.41) is 3.51. The van der Waals surface area contributed by atoms with Gasteiger partial charge in [0.05, 0.1) is 0 Å². The fourth-order valence-electron chi connectivity index (χ4n) is 2.52. The quantitative estimate of drug-likeness (QED) is 0.727. The first-order valence-electron chi connectivity index (χ1n) is 6.63. The van der Waals surface area contributed by atoms with Crippen molar-refractivity contribution < 1.29 is 0 Å². The summed E-state index contributed by atoms with van der Waals surface area (Å²) < 4.78 is 0. The molecule has 2 unspecified atom stereocenters. The van der Waals surface area contributed by atoms with Crippen LogP contribution in [0.25, 0.3) is 0 Å². The third kappa shape index (κ3) is 4.98. The molecule has 1 rings (SSSR count). The summed E-state index contributed by atoms with van der Waals surface area (Å²) in [6.45, 7) is 9.68. The van der Waals surface area contributed by atoms with Crippen LogP contribution in [0, 0.1) is 11.8 Å². The van der Waals surface area contributed by atoms with Gasteiger partial charge in [-0.15, -0.1) is 0 Å². The Morgan fingerprint density at radius 2 is 2.20 bits per heavy atom. The second-order valence-corrected chi connectivity index (χ2v) is 5.18. The Labute approximate surface area is 95.4 Å². The molecule has 0 aromatic carbocycles. The van der Waals surface area contributed by atoms with Crippen LogP contribution in [0.3, 0.4) is 0 Å². The third-order valence-corrected chi connectivity index (χ3v) is 3.71. The lowest BCUT2D eigenvalue weighted by molar-refractivity contribution is 0.232. The molecule has 0 radical (unpaired) electrons. The lowest BCUT2D eigenvalue weighted by atomic mass is 9.85. The molecule has 0 saturated carbocycles. The highest BCUT2D eigenvalue weighted by Gasteiger charge is 2.19. The molecule has 1 aliphatic heterocycles. The van der Waals surface area contributed by atoms with Crippen LogP contribution >= 0.6 is 0 Å². The third-order valence-electron chi connectivity index (χ3n) is 3.71. The maximum Gasteiger partial charge on any atom is -0.00180 e. The maximum absolute atomic E-state index is 3.51. The summed E-state index contributed by atoms with van der Waals surface area (Å²) in [7, 11) is 2.25. The smallest absolute Gasteiger partial charge is 0.00180 e. The average molecular weight is 212 g/mol. The Balaban J connectivity index is 2.13. The zero-order valence-corrected chi connectivity index (χ0v) is 10.8. The van der Waals surface area contributed by atoms with E-state index in [1.807, 2.05) is 0 Å². The van der Waals surface area contributed by atoms with Crippen molar-refractivity contribution >= 4 is 0 Å². The number of rotatable bonds is 6. The zero-order valence-electron chi connectivity index (χ0n) is 10.8. The molecule has 2 heteroatoms. The molecule has 15 heavy (non-hydrogen) atoms. The van der Waals surface area contributed by atoms with E-state index in [-0.39, 0.29) is 0 Å². The van der Waals surface area contributed by atoms with Crippen LogP contribution in [0.1, 0.15) is 39.5 Å². The number of hydrogen-bond donors (Lipinski definition) is 1. The van der Waals surface area contributed by atoms with Crippen LogP contribution in [0.4, 0.5) is 0 Å². The fourth-order valence-corrected chi connectivity index (χ4v) is 2.52. The van der Waals surface area contributed by atoms with Crippen molar-refractivity contribution in [2.45, 2.75) is 39.5 Å². The number of hydrogen-bond acceptors (Lipinski definition) is 2. The van der Waals surface area contributed by atoms with Crippen molar-refractivity contribution in [1.82, 2.24) is 10.2 Å². The molecule has 0 aromatic heterocycles. The van der Waals surface area contributed by atoms with E-state index in [9.17, 15) is 0 Å². The van der Waals surface area contributed by atoms with Gasteiger partial charge in [0.2, 0.25) is 0 Å². The van der Waals surface area contributed by atoms with E-state index in [2.05, 4.69) is 31.1 Å². The standard InChI is InChI=1S/C13H28N2/c1-4-9-15(3)10-7-12(2)13-6-5-8-14-11-13/h12-14H,4-11H2,1-3H3. The fraction of sp³-hybridized carbons (Fsp3) is 1.00. The number of nitrogens with one attached hydrogen (secondary N) is 1. The van der Waals surface area contributed by atoms with E-state index >= 15 is 0 Å². The topological polar surface area (TPSA) is 15.3 Å². The average Bonchev–Trinajstić information content (AvgIpc) is 2.27. The molecule has 0 bridgehead atoms. The summed E-state index contributed by atoms with van der Waals surface area (Å²) in [6, 6.07) is 0. The Hall–Kier alpha value is -0.0800. The summed E-state index contributed by atoms with van der Waals surface area (Å²) in [5.74, 6) is 1.81. The molecule has 0 amide bonds. The largest absolute Gasteiger partial charge is 0.316 e. The zero-order chi connectivity index (χ0) is 11.1. The summed E-state index contributed by atoms with van der Waals surface area (Å²) in [4.78, 5) is 2.47. The van der Waals surface area contributed by atoms with Gasteiger partial charge in [-0.3, -0.25) is 0 Å². The highest BCUT2D eigenvalue weighted by atomic mass is 15.1. The highest BCUT2D eigenvalue weighted by molar-refractivity contribution is 4.74. The van der Waals surface area contributed by atoms with Gasteiger partial charge in [-0.1, -0.05) is 13.8 Å². The number of piperidine rings is 1. The van der Waals surface area contributed by atoms with Gasteiger partial charge in [-0.05, 0) is 70.7 Å². The van der Waals surface area contributed by atoms with Crippen molar-refractivity contribution in [3.05, 3.63) is 0 Å². The summed E-state index contributed by atoms with van der Waals surface area (Å²) in [5.41, 5.74) is 0. The molecule has 1 heterocycles. The Morgan fingerprint density at radius 1 is 1.40 bits per heavy atom. The normalized spacial score (nSPS) is 24.4. The van der Waals surface area contributed by atoms with Crippen molar-refractivity contribution in [3.8, 4) is 0 Å². The van der Waals surface area contributed by atoms with Gasteiger partial charge >= 0.3 is 0 Å². The maximum atomic E-state index is 3.51. The SMILES string of the molecule is CCCN(C)CCC(C)C1CCCNC1. The van der Waals surface area contributed by atoms with Crippen molar-refractivity contribution in [2.24, 2.45) is 11.8 Å². The molecular formula is C13H28N2. The minimum absolute atomic E-state index is 0.886. The Kier molecular flexibility index (Phi) is 6.26. The van der Waals surface area contributed by atoms with E-state index in [0.29, 0.717) is 0 Å². The van der Waals surface area contributed by atoms with Crippen LogP contribution in [0.5, 0.6) is 0 Å². The van der Waals surface area contributed by atoms with Crippen LogP contribution in [0.15, 0.2) is 0 Å². The van der Waals surface area contributed by atoms with Crippen LogP contribution < -0.4 is 5.32 Å². The van der Waals surface area contributed by atoms with Gasteiger partial charge in [0, 0.05) is 0 Å². The van der Waals surface area contributed by atoms with E-state index in [1.165, 1.54) is 51.9 Å². The predicted molar refractivity (Wildman–Crippen MR) is 67.2 cm³/mol. The number of nitrogens with zero attached hydrogens (tertiary/aromatic N) is 1. The predicted octanol–water partition coefficient (Wildman–Crippen LogP) is 2.35. The molecule has 1 saturated heterocycles. The molecule has 90 valence electrons. The lowest BCUT2D eigenvalue weighted by Gasteiger charge is -2.29. The van der Waals surface area contributed by atoms with Gasteiger partial charge < -0.3 is 10.2 Å². The second-order valence-electron chi connectivity index (χ2n) is 5.18. The summed E-state index contributed by atoms with van der Waals surface area (Å²) in [6.07, 6.45) is 5.45. The van der Waals surface area contributed by atoms with Gasteiger partial charge in [-0.2, -0.15) is 0 Å². The van der Waals surface area contributed by atoms with Crippen molar-refractivity contribution in [2.75, 3.05) is 33.2 Å². The monoisotopic (exact) mass is 212 g/mol. The first-order chi connectivity index (χ1) is 7.24. The molecular weight excluding hydrogens is 184 g/mol. The van der Waals surface area contributed by atoms with Gasteiger partial charge in [-0.25, -0.2) is 0 Å². The van der Waals surface area contributed by atoms with E-state index in [1.54, 1.807) is 0 Å². The molecule has 0 aliphatic carbocycles. The Morgan fingerprint density at radius 3 is 2.80 bits per heavy atom. The van der Waals surface area contributed by atoms with Gasteiger partial charge in [0.1, 0.15) is 0 Å². The molecule has 1 N–H and O–H groups in total. The summed E-state index contributed by atoms with van der Waals surface area (Å²) >= 11 is 0. The second kappa shape index (κ2) is 7.24. The van der Waals surface area contributed by atoms with Crippen LogP contribution in [-0.4, -0.2) is 38.1 Å². The van der Waals surface area contributed by atoms with E-state index < -0.39 is 0 Å². The molecule has 2 nitrogen and oxygen atoms in total. The molecule has 0 spiro atoms. The first-order valence-corrected chi connectivity index (χ1v) is 6.63. The van der Waals surface area contributed by atoms with E-state index in [0.717, 1.165) is 11.8 Å². The highest BCUT2D eigenvalue weighted by Crippen LogP contribution is 2.22. The molecule has 2 atom stereocenters. The molecule has 0 aromatic rings. The minimum Gasteiger partial charge on any atom is -0.316 e. The minimum atomic E-state index is 0.886.